The van der Waals surface area contributed by atoms with Crippen LogP contribution < -0.4 is 0 Å². The van der Waals surface area contributed by atoms with Crippen LogP contribution in [0.2, 0.25) is 0 Å². The average molecular weight is 397 g/mol. The Morgan fingerprint density at radius 1 is 1.21 bits per heavy atom. The van der Waals surface area contributed by atoms with Crippen LogP contribution in [-0.4, -0.2) is 64.7 Å². The zero-order chi connectivity index (χ0) is 20.3. The highest BCUT2D eigenvalue weighted by molar-refractivity contribution is 5.80. The first-order valence-electron chi connectivity index (χ1n) is 10.8. The first kappa shape index (κ1) is 20.1. The normalized spacial score (nSPS) is 21.5. The number of benzene rings is 1. The fraction of sp³-hybridized carbons (Fsp3) is 0.565. The fourth-order valence-corrected chi connectivity index (χ4v) is 5.02. The van der Waals surface area contributed by atoms with Crippen LogP contribution in [0.4, 0.5) is 0 Å². The van der Waals surface area contributed by atoms with Gasteiger partial charge in [0.2, 0.25) is 5.91 Å². The Morgan fingerprint density at radius 2 is 1.93 bits per heavy atom. The van der Waals surface area contributed by atoms with E-state index < -0.39 is 0 Å². The van der Waals surface area contributed by atoms with E-state index in [1.807, 2.05) is 22.0 Å². The lowest BCUT2D eigenvalue weighted by atomic mass is 9.71. The van der Waals surface area contributed by atoms with E-state index in [2.05, 4.69) is 48.0 Å². The van der Waals surface area contributed by atoms with Gasteiger partial charge in [0.1, 0.15) is 0 Å². The molecule has 1 amide bonds. The lowest BCUT2D eigenvalue weighted by molar-refractivity contribution is -0.140. The monoisotopic (exact) mass is 396 g/mol. The van der Waals surface area contributed by atoms with E-state index in [0.717, 1.165) is 64.5 Å². The molecule has 1 aromatic heterocycles. The van der Waals surface area contributed by atoms with Crippen molar-refractivity contribution in [1.29, 1.82) is 0 Å². The van der Waals surface area contributed by atoms with Gasteiger partial charge in [0, 0.05) is 69.4 Å². The molecule has 2 saturated heterocycles. The molecule has 0 bridgehead atoms. The van der Waals surface area contributed by atoms with Crippen LogP contribution in [0.3, 0.4) is 0 Å². The molecule has 0 aliphatic carbocycles. The molecule has 2 aromatic rings. The van der Waals surface area contributed by atoms with Gasteiger partial charge in [0.15, 0.2) is 0 Å². The molecule has 156 valence electrons. The summed E-state index contributed by atoms with van der Waals surface area (Å²) in [6.45, 7) is 9.98. The molecule has 3 heterocycles. The number of aromatic nitrogens is 2. The molecule has 1 spiro atoms. The summed E-state index contributed by atoms with van der Waals surface area (Å²) in [5.74, 6) is 0.409. The second kappa shape index (κ2) is 8.67. The summed E-state index contributed by atoms with van der Waals surface area (Å²) in [6, 6.07) is 8.64. The molecule has 1 aromatic carbocycles. The molecule has 2 fully saturated rings. The van der Waals surface area contributed by atoms with Gasteiger partial charge in [0.05, 0.1) is 12.2 Å². The van der Waals surface area contributed by atoms with E-state index in [9.17, 15) is 4.79 Å². The molecule has 2 aliphatic heterocycles. The van der Waals surface area contributed by atoms with Crippen LogP contribution in [0.15, 0.2) is 43.0 Å². The van der Waals surface area contributed by atoms with Crippen molar-refractivity contribution in [2.45, 2.75) is 33.2 Å². The van der Waals surface area contributed by atoms with E-state index in [4.69, 9.17) is 4.74 Å². The maximum atomic E-state index is 13.3. The van der Waals surface area contributed by atoms with Crippen molar-refractivity contribution >= 4 is 5.91 Å². The van der Waals surface area contributed by atoms with E-state index in [0.29, 0.717) is 5.91 Å². The predicted octanol–water partition coefficient (Wildman–Crippen LogP) is 2.97. The highest BCUT2D eigenvalue weighted by Gasteiger charge is 2.51. The third kappa shape index (κ3) is 4.09. The van der Waals surface area contributed by atoms with Gasteiger partial charge >= 0.3 is 0 Å². The smallest absolute Gasteiger partial charge is 0.227 e. The molecule has 0 radical (unpaired) electrons. The lowest BCUT2D eigenvalue weighted by Gasteiger charge is -2.39. The van der Waals surface area contributed by atoms with E-state index in [1.165, 1.54) is 5.56 Å². The Morgan fingerprint density at radius 3 is 2.55 bits per heavy atom. The van der Waals surface area contributed by atoms with Crippen molar-refractivity contribution in [1.82, 2.24) is 19.4 Å². The largest absolute Gasteiger partial charge is 0.381 e. The molecular weight excluding hydrogens is 364 g/mol. The number of hydrogen-bond donors (Lipinski definition) is 0. The minimum absolute atomic E-state index is 0.0642. The second-order valence-electron chi connectivity index (χ2n) is 8.34. The van der Waals surface area contributed by atoms with Crippen molar-refractivity contribution in [3.63, 3.8) is 0 Å². The number of hydrogen-bond acceptors (Lipinski definition) is 4. The van der Waals surface area contributed by atoms with Gasteiger partial charge in [-0.15, -0.1) is 0 Å². The summed E-state index contributed by atoms with van der Waals surface area (Å²) >= 11 is 0. The van der Waals surface area contributed by atoms with Gasteiger partial charge < -0.3 is 14.2 Å². The van der Waals surface area contributed by atoms with Crippen LogP contribution in [0, 0.1) is 11.3 Å². The van der Waals surface area contributed by atoms with Crippen LogP contribution in [0.25, 0.3) is 5.69 Å². The number of carbonyl (C=O) groups excluding carboxylic acids is 1. The maximum Gasteiger partial charge on any atom is 0.227 e. The number of ether oxygens (including phenoxy) is 1. The Bertz CT molecular complexity index is 793. The highest BCUT2D eigenvalue weighted by Crippen LogP contribution is 2.45. The summed E-state index contributed by atoms with van der Waals surface area (Å²) in [5.41, 5.74) is 2.46. The summed E-state index contributed by atoms with van der Waals surface area (Å²) in [4.78, 5) is 21.9. The van der Waals surface area contributed by atoms with Gasteiger partial charge in [0.25, 0.3) is 0 Å². The molecule has 6 nitrogen and oxygen atoms in total. The van der Waals surface area contributed by atoms with Gasteiger partial charge in [-0.25, -0.2) is 4.98 Å². The van der Waals surface area contributed by atoms with Gasteiger partial charge in [-0.1, -0.05) is 12.1 Å². The van der Waals surface area contributed by atoms with Crippen molar-refractivity contribution in [3.8, 4) is 5.69 Å². The number of amides is 1. The zero-order valence-electron chi connectivity index (χ0n) is 17.6. The zero-order valence-corrected chi connectivity index (χ0v) is 17.6. The van der Waals surface area contributed by atoms with Gasteiger partial charge in [-0.05, 0) is 44.4 Å². The number of likely N-dealkylation sites (tertiary alicyclic amines) is 1. The molecule has 6 heteroatoms. The molecule has 2 aliphatic rings. The topological polar surface area (TPSA) is 50.6 Å². The van der Waals surface area contributed by atoms with Gasteiger partial charge in [-0.3, -0.25) is 9.69 Å². The molecule has 1 atom stereocenters. The summed E-state index contributed by atoms with van der Waals surface area (Å²) in [6.07, 6.45) is 7.53. The lowest BCUT2D eigenvalue weighted by Crippen LogP contribution is -2.46. The average Bonchev–Trinajstić information content (AvgIpc) is 3.39. The summed E-state index contributed by atoms with van der Waals surface area (Å²) in [5, 5.41) is 0. The molecule has 4 rings (SSSR count). The summed E-state index contributed by atoms with van der Waals surface area (Å²) in [7, 11) is 0. The van der Waals surface area contributed by atoms with Crippen LogP contribution >= 0.6 is 0 Å². The second-order valence-corrected chi connectivity index (χ2v) is 8.34. The minimum atomic E-state index is 0.0642. The third-order valence-corrected chi connectivity index (χ3v) is 6.73. The fourth-order valence-electron chi connectivity index (χ4n) is 5.02. The van der Waals surface area contributed by atoms with E-state index in [1.54, 1.807) is 6.20 Å². The van der Waals surface area contributed by atoms with Crippen LogP contribution in [0.5, 0.6) is 0 Å². The SMILES string of the molecule is CCN(CC)C(=O)[C@@H]1CN(Cc2ccc(-n3ccnc3)cc2)CC12CCOCC2. The Kier molecular flexibility index (Phi) is 6.01. The van der Waals surface area contributed by atoms with E-state index in [-0.39, 0.29) is 11.3 Å². The van der Waals surface area contributed by atoms with Crippen molar-refractivity contribution < 1.29 is 9.53 Å². The predicted molar refractivity (Wildman–Crippen MR) is 113 cm³/mol. The summed E-state index contributed by atoms with van der Waals surface area (Å²) < 4.78 is 7.66. The van der Waals surface area contributed by atoms with E-state index >= 15 is 0 Å². The molecule has 0 unspecified atom stereocenters. The molecule has 0 N–H and O–H groups in total. The number of rotatable bonds is 6. The highest BCUT2D eigenvalue weighted by atomic mass is 16.5. The number of carbonyl (C=O) groups is 1. The van der Waals surface area contributed by atoms with Crippen molar-refractivity contribution in [2.24, 2.45) is 11.3 Å². The third-order valence-electron chi connectivity index (χ3n) is 6.73. The first-order valence-corrected chi connectivity index (χ1v) is 10.8. The maximum absolute atomic E-state index is 13.3. The van der Waals surface area contributed by atoms with Gasteiger partial charge in [-0.2, -0.15) is 0 Å². The Hall–Kier alpha value is -2.18. The van der Waals surface area contributed by atoms with Crippen LogP contribution in [0.1, 0.15) is 32.3 Å². The Balaban J connectivity index is 1.49. The van der Waals surface area contributed by atoms with Crippen LogP contribution in [-0.2, 0) is 16.1 Å². The van der Waals surface area contributed by atoms with Crippen molar-refractivity contribution in [3.05, 3.63) is 48.5 Å². The Labute approximate surface area is 173 Å². The molecule has 29 heavy (non-hydrogen) atoms. The standard InChI is InChI=1S/C23H32N4O2/c1-3-26(4-2)22(28)21-16-25(17-23(21)9-13-29-14-10-23)15-19-5-7-20(8-6-19)27-12-11-24-18-27/h5-8,11-12,18,21H,3-4,9-10,13-17H2,1-2H3/t21-/m0/s1. The minimum Gasteiger partial charge on any atom is -0.381 e. The van der Waals surface area contributed by atoms with Crippen molar-refractivity contribution in [2.75, 3.05) is 39.4 Å². The number of imidazole rings is 1. The quantitative estimate of drug-likeness (QED) is 0.753. The number of nitrogens with zero attached hydrogens (tertiary/aromatic N) is 4. The molecule has 0 saturated carbocycles. The first-order chi connectivity index (χ1) is 14.1. The molecular formula is C23H32N4O2.